The van der Waals surface area contributed by atoms with Crippen LogP contribution >= 0.6 is 34.8 Å². The number of fused-ring (bicyclic) bond motifs is 1. The van der Waals surface area contributed by atoms with Crippen molar-refractivity contribution in [1.82, 2.24) is 9.78 Å². The maximum Gasteiger partial charge on any atom is 0.133 e. The maximum absolute atomic E-state index is 6.41. The van der Waals surface area contributed by atoms with E-state index in [0.717, 1.165) is 51.9 Å². The Morgan fingerprint density at radius 2 is 1.92 bits per heavy atom. The highest BCUT2D eigenvalue weighted by atomic mass is 35.5. The molecule has 1 aliphatic heterocycles. The maximum atomic E-state index is 6.41. The van der Waals surface area contributed by atoms with Crippen molar-refractivity contribution in [1.29, 1.82) is 0 Å². The molecule has 0 bridgehead atoms. The summed E-state index contributed by atoms with van der Waals surface area (Å²) in [6.07, 6.45) is 0.896. The lowest BCUT2D eigenvalue weighted by atomic mass is 10.1. The molecule has 24 heavy (non-hydrogen) atoms. The zero-order valence-corrected chi connectivity index (χ0v) is 15.2. The molecule has 2 heterocycles. The third-order valence-corrected chi connectivity index (χ3v) is 5.48. The monoisotopic (exact) mass is 377 g/mol. The normalized spacial score (nSPS) is 13.0. The van der Waals surface area contributed by atoms with Gasteiger partial charge in [0.05, 0.1) is 21.4 Å². The van der Waals surface area contributed by atoms with Gasteiger partial charge in [-0.3, -0.25) is 0 Å². The molecule has 3 nitrogen and oxygen atoms in total. The van der Waals surface area contributed by atoms with Gasteiger partial charge >= 0.3 is 0 Å². The SMILES string of the molecule is Cc1ccc(-n2nc(-c3cccc(Cl)c3Cl)c3c2NCC3)cc1Cl. The van der Waals surface area contributed by atoms with Crippen molar-refractivity contribution < 1.29 is 0 Å². The molecule has 0 amide bonds. The quantitative estimate of drug-likeness (QED) is 0.613. The number of hydrogen-bond acceptors (Lipinski definition) is 2. The highest BCUT2D eigenvalue weighted by Gasteiger charge is 2.25. The van der Waals surface area contributed by atoms with Gasteiger partial charge in [-0.2, -0.15) is 5.10 Å². The highest BCUT2D eigenvalue weighted by molar-refractivity contribution is 6.43. The summed E-state index contributed by atoms with van der Waals surface area (Å²) in [5, 5.41) is 9.98. The molecule has 1 N–H and O–H groups in total. The molecule has 1 aliphatic rings. The largest absolute Gasteiger partial charge is 0.369 e. The van der Waals surface area contributed by atoms with Crippen molar-refractivity contribution in [2.24, 2.45) is 0 Å². The molecule has 1 aromatic heterocycles. The number of nitrogens with zero attached hydrogens (tertiary/aromatic N) is 2. The van der Waals surface area contributed by atoms with E-state index < -0.39 is 0 Å². The fourth-order valence-corrected chi connectivity index (χ4v) is 3.54. The minimum atomic E-state index is 0.528. The second-order valence-electron chi connectivity index (χ2n) is 5.80. The molecule has 2 aromatic carbocycles. The van der Waals surface area contributed by atoms with Gasteiger partial charge in [-0.25, -0.2) is 4.68 Å². The smallest absolute Gasteiger partial charge is 0.133 e. The number of nitrogens with one attached hydrogen (secondary N) is 1. The van der Waals surface area contributed by atoms with Gasteiger partial charge in [0.1, 0.15) is 5.82 Å². The second-order valence-corrected chi connectivity index (χ2v) is 6.99. The van der Waals surface area contributed by atoms with Crippen molar-refractivity contribution in [2.45, 2.75) is 13.3 Å². The minimum Gasteiger partial charge on any atom is -0.369 e. The molecule has 0 saturated carbocycles. The van der Waals surface area contributed by atoms with Crippen molar-refractivity contribution in [3.8, 4) is 16.9 Å². The van der Waals surface area contributed by atoms with Gasteiger partial charge in [0.25, 0.3) is 0 Å². The van der Waals surface area contributed by atoms with Crippen LogP contribution in [0.4, 0.5) is 5.82 Å². The molecule has 0 saturated heterocycles. The zero-order chi connectivity index (χ0) is 16.8. The van der Waals surface area contributed by atoms with Gasteiger partial charge in [0, 0.05) is 22.7 Å². The van der Waals surface area contributed by atoms with E-state index in [1.807, 2.05) is 41.9 Å². The van der Waals surface area contributed by atoms with Crippen LogP contribution in [0.5, 0.6) is 0 Å². The number of aromatic nitrogens is 2. The van der Waals surface area contributed by atoms with E-state index in [2.05, 4.69) is 5.32 Å². The first-order chi connectivity index (χ1) is 11.6. The summed E-state index contributed by atoms with van der Waals surface area (Å²) in [5.41, 5.74) is 4.81. The fourth-order valence-electron chi connectivity index (χ4n) is 2.98. The summed E-state index contributed by atoms with van der Waals surface area (Å²) in [6.45, 7) is 2.85. The zero-order valence-electron chi connectivity index (χ0n) is 12.9. The van der Waals surface area contributed by atoms with Crippen molar-refractivity contribution in [3.05, 3.63) is 62.6 Å². The summed E-state index contributed by atoms with van der Waals surface area (Å²) < 4.78 is 1.89. The summed E-state index contributed by atoms with van der Waals surface area (Å²) in [4.78, 5) is 0. The molecule has 4 rings (SSSR count). The van der Waals surface area contributed by atoms with Crippen molar-refractivity contribution >= 4 is 40.6 Å². The lowest BCUT2D eigenvalue weighted by molar-refractivity contribution is 0.882. The lowest BCUT2D eigenvalue weighted by Crippen LogP contribution is -2.04. The Labute approximate surface area is 155 Å². The molecule has 0 radical (unpaired) electrons. The van der Waals surface area contributed by atoms with E-state index in [0.29, 0.717) is 10.0 Å². The van der Waals surface area contributed by atoms with Crippen LogP contribution in [-0.4, -0.2) is 16.3 Å². The summed E-state index contributed by atoms with van der Waals surface area (Å²) in [5.74, 6) is 0.987. The predicted octanol–water partition coefficient (Wildman–Crippen LogP) is 5.78. The molecule has 6 heteroatoms. The first-order valence-electron chi connectivity index (χ1n) is 7.63. The number of hydrogen-bond donors (Lipinski definition) is 1. The minimum absolute atomic E-state index is 0.528. The first-order valence-corrected chi connectivity index (χ1v) is 8.76. The Hall–Kier alpha value is -1.68. The molecular formula is C18H14Cl3N3. The Balaban J connectivity index is 1.92. The number of rotatable bonds is 2. The van der Waals surface area contributed by atoms with Crippen molar-refractivity contribution in [2.75, 3.05) is 11.9 Å². The molecule has 0 unspecified atom stereocenters. The van der Waals surface area contributed by atoms with Crippen LogP contribution in [0.3, 0.4) is 0 Å². The van der Waals surface area contributed by atoms with E-state index >= 15 is 0 Å². The van der Waals surface area contributed by atoms with E-state index in [1.165, 1.54) is 0 Å². The van der Waals surface area contributed by atoms with Gasteiger partial charge in [0.15, 0.2) is 0 Å². The van der Waals surface area contributed by atoms with Crippen LogP contribution in [0.25, 0.3) is 16.9 Å². The van der Waals surface area contributed by atoms with Crippen LogP contribution in [0.1, 0.15) is 11.1 Å². The Morgan fingerprint density at radius 3 is 2.71 bits per heavy atom. The number of benzene rings is 2. The molecule has 0 spiro atoms. The van der Waals surface area contributed by atoms with Crippen LogP contribution < -0.4 is 5.32 Å². The average Bonchev–Trinajstić information content (AvgIpc) is 3.15. The van der Waals surface area contributed by atoms with E-state index in [4.69, 9.17) is 39.9 Å². The van der Waals surface area contributed by atoms with Gasteiger partial charge in [-0.15, -0.1) is 0 Å². The predicted molar refractivity (Wildman–Crippen MR) is 101 cm³/mol. The molecule has 0 aliphatic carbocycles. The lowest BCUT2D eigenvalue weighted by Gasteiger charge is -2.08. The molecular weight excluding hydrogens is 365 g/mol. The average molecular weight is 379 g/mol. The van der Waals surface area contributed by atoms with E-state index in [-0.39, 0.29) is 0 Å². The van der Waals surface area contributed by atoms with Gasteiger partial charge in [-0.1, -0.05) is 53.0 Å². The number of anilines is 1. The van der Waals surface area contributed by atoms with E-state index in [9.17, 15) is 0 Å². The Bertz CT molecular complexity index is 947. The van der Waals surface area contributed by atoms with Gasteiger partial charge in [0.2, 0.25) is 0 Å². The first kappa shape index (κ1) is 15.8. The highest BCUT2D eigenvalue weighted by Crippen LogP contribution is 2.39. The summed E-state index contributed by atoms with van der Waals surface area (Å²) in [7, 11) is 0. The molecule has 0 atom stereocenters. The summed E-state index contributed by atoms with van der Waals surface area (Å²) in [6, 6.07) is 11.5. The van der Waals surface area contributed by atoms with Gasteiger partial charge in [-0.05, 0) is 37.1 Å². The number of halogens is 3. The van der Waals surface area contributed by atoms with E-state index in [1.54, 1.807) is 6.07 Å². The fraction of sp³-hybridized carbons (Fsp3) is 0.167. The van der Waals surface area contributed by atoms with Gasteiger partial charge < -0.3 is 5.32 Å². The topological polar surface area (TPSA) is 29.9 Å². The third kappa shape index (κ3) is 2.48. The standard InChI is InChI=1S/C18H14Cl3N3/c1-10-5-6-11(9-15(10)20)24-18-13(7-8-22-18)17(23-24)12-3-2-4-14(19)16(12)21/h2-6,9,22H,7-8H2,1H3. The molecule has 0 fully saturated rings. The summed E-state index contributed by atoms with van der Waals surface area (Å²) >= 11 is 18.9. The second kappa shape index (κ2) is 5.99. The Morgan fingerprint density at radius 1 is 1.08 bits per heavy atom. The van der Waals surface area contributed by atoms with Crippen molar-refractivity contribution in [3.63, 3.8) is 0 Å². The van der Waals surface area contributed by atoms with Crippen LogP contribution in [0.15, 0.2) is 36.4 Å². The van der Waals surface area contributed by atoms with Crippen LogP contribution in [0.2, 0.25) is 15.1 Å². The third-order valence-electron chi connectivity index (χ3n) is 4.26. The van der Waals surface area contributed by atoms with Crippen LogP contribution in [0, 0.1) is 6.92 Å². The molecule has 3 aromatic rings. The number of aryl methyl sites for hydroxylation is 1. The van der Waals surface area contributed by atoms with Crippen LogP contribution in [-0.2, 0) is 6.42 Å². The Kier molecular flexibility index (Phi) is 3.95. The molecule has 122 valence electrons.